The first kappa shape index (κ1) is 17.1. The molecule has 4 aliphatic rings. The fraction of sp³-hybridized carbons (Fsp3) is 0.545. The number of fused-ring (bicyclic) bond motifs is 2. The summed E-state index contributed by atoms with van der Waals surface area (Å²) in [5.74, 6) is -0.387. The van der Waals surface area contributed by atoms with Gasteiger partial charge in [0, 0.05) is 23.1 Å². The SMILES string of the molecule is C/C=C1\[C@@H]2CCN3CC[C@@]4(Cc5ccccc5N=C4C2(CO)C(=O)OC)[C@@H]13. The summed E-state index contributed by atoms with van der Waals surface area (Å²) in [7, 11) is 1.43. The van der Waals surface area contributed by atoms with E-state index < -0.39 is 5.41 Å². The van der Waals surface area contributed by atoms with Crippen LogP contribution in [0.1, 0.15) is 25.3 Å². The number of methoxy groups -OCH3 is 1. The molecular weight excluding hydrogens is 340 g/mol. The molecule has 0 radical (unpaired) electrons. The Balaban J connectivity index is 1.84. The number of para-hydroxylation sites is 1. The van der Waals surface area contributed by atoms with Crippen LogP contribution in [0.4, 0.5) is 5.69 Å². The Kier molecular flexibility index (Phi) is 3.66. The minimum absolute atomic E-state index is 0.0450. The zero-order chi connectivity index (χ0) is 18.8. The maximum Gasteiger partial charge on any atom is 0.320 e. The molecule has 0 amide bonds. The summed E-state index contributed by atoms with van der Waals surface area (Å²) in [6.45, 7) is 3.79. The van der Waals surface area contributed by atoms with Gasteiger partial charge in [0.2, 0.25) is 0 Å². The third kappa shape index (κ3) is 1.91. The van der Waals surface area contributed by atoms with E-state index in [1.54, 1.807) is 0 Å². The van der Waals surface area contributed by atoms with E-state index in [1.807, 2.05) is 12.1 Å². The molecule has 1 aromatic rings. The molecule has 3 fully saturated rings. The summed E-state index contributed by atoms with van der Waals surface area (Å²) < 4.78 is 5.29. The van der Waals surface area contributed by atoms with Crippen LogP contribution in [-0.2, 0) is 16.0 Å². The van der Waals surface area contributed by atoms with Crippen LogP contribution < -0.4 is 0 Å². The lowest BCUT2D eigenvalue weighted by Gasteiger charge is -2.59. The summed E-state index contributed by atoms with van der Waals surface area (Å²) in [6.07, 6.45) is 4.86. The van der Waals surface area contributed by atoms with Crippen LogP contribution in [0.5, 0.6) is 0 Å². The van der Waals surface area contributed by atoms with Crippen LogP contribution in [0.25, 0.3) is 0 Å². The summed E-state index contributed by atoms with van der Waals surface area (Å²) in [6, 6.07) is 8.49. The Morgan fingerprint density at radius 3 is 2.96 bits per heavy atom. The molecule has 4 atom stereocenters. The highest BCUT2D eigenvalue weighted by Gasteiger charge is 2.70. The summed E-state index contributed by atoms with van der Waals surface area (Å²) in [5.41, 5.74) is 3.02. The van der Waals surface area contributed by atoms with Gasteiger partial charge in [-0.1, -0.05) is 29.8 Å². The molecular formula is C22H26N2O3. The lowest BCUT2D eigenvalue weighted by Crippen LogP contribution is -2.68. The minimum atomic E-state index is -1.07. The van der Waals surface area contributed by atoms with Gasteiger partial charge in [-0.05, 0) is 50.9 Å². The molecule has 2 bridgehead atoms. The van der Waals surface area contributed by atoms with Crippen LogP contribution in [0.15, 0.2) is 40.9 Å². The molecule has 1 unspecified atom stereocenters. The van der Waals surface area contributed by atoms with Gasteiger partial charge >= 0.3 is 5.97 Å². The monoisotopic (exact) mass is 366 g/mol. The second-order valence-electron chi connectivity index (χ2n) is 8.36. The molecule has 2 saturated heterocycles. The minimum Gasteiger partial charge on any atom is -0.468 e. The van der Waals surface area contributed by atoms with Gasteiger partial charge in [0.25, 0.3) is 0 Å². The van der Waals surface area contributed by atoms with E-state index in [2.05, 4.69) is 30.0 Å². The normalized spacial score (nSPS) is 38.2. The van der Waals surface area contributed by atoms with E-state index >= 15 is 0 Å². The number of piperidine rings is 1. The number of rotatable bonds is 2. The highest BCUT2D eigenvalue weighted by atomic mass is 16.5. The summed E-state index contributed by atoms with van der Waals surface area (Å²) >= 11 is 0. The fourth-order valence-electron chi connectivity index (χ4n) is 6.51. The number of carbonyl (C=O) groups is 1. The molecule has 5 heteroatoms. The Morgan fingerprint density at radius 1 is 1.41 bits per heavy atom. The number of nitrogens with zero attached hydrogens (tertiary/aromatic N) is 2. The highest BCUT2D eigenvalue weighted by molar-refractivity contribution is 6.14. The van der Waals surface area contributed by atoms with Crippen molar-refractivity contribution < 1.29 is 14.6 Å². The number of aliphatic imine (C=N–C) groups is 1. The van der Waals surface area contributed by atoms with Crippen LogP contribution >= 0.6 is 0 Å². The van der Waals surface area contributed by atoms with Gasteiger partial charge in [0.05, 0.1) is 19.4 Å². The number of benzene rings is 1. The van der Waals surface area contributed by atoms with Crippen molar-refractivity contribution in [2.45, 2.75) is 32.2 Å². The molecule has 5 rings (SSSR count). The third-order valence-electron chi connectivity index (χ3n) is 7.51. The number of carbonyl (C=O) groups excluding carboxylic acids is 1. The van der Waals surface area contributed by atoms with E-state index in [-0.39, 0.29) is 30.0 Å². The predicted octanol–water partition coefficient (Wildman–Crippen LogP) is 2.51. The summed E-state index contributed by atoms with van der Waals surface area (Å²) in [4.78, 5) is 20.9. The van der Waals surface area contributed by atoms with Gasteiger partial charge in [0.15, 0.2) is 0 Å². The van der Waals surface area contributed by atoms with Gasteiger partial charge in [-0.25, -0.2) is 0 Å². The van der Waals surface area contributed by atoms with Gasteiger partial charge in [-0.3, -0.25) is 14.7 Å². The zero-order valence-corrected chi connectivity index (χ0v) is 15.9. The molecule has 1 aliphatic carbocycles. The number of esters is 1. The Labute approximate surface area is 159 Å². The zero-order valence-electron chi connectivity index (χ0n) is 15.9. The quantitative estimate of drug-likeness (QED) is 0.645. The van der Waals surface area contributed by atoms with Crippen molar-refractivity contribution in [3.63, 3.8) is 0 Å². The number of hydrogen-bond donors (Lipinski definition) is 1. The first-order valence-corrected chi connectivity index (χ1v) is 9.89. The number of allylic oxidation sites excluding steroid dienone is 1. The average Bonchev–Trinajstić information content (AvgIpc) is 3.10. The maximum atomic E-state index is 13.2. The lowest BCUT2D eigenvalue weighted by molar-refractivity contribution is -0.155. The van der Waals surface area contributed by atoms with Crippen molar-refractivity contribution in [3.05, 3.63) is 41.5 Å². The lowest BCUT2D eigenvalue weighted by atomic mass is 9.48. The first-order chi connectivity index (χ1) is 13.1. The molecule has 1 N–H and O–H groups in total. The standard InChI is InChI=1S/C22H26N2O3/c1-3-15-16-8-10-24-11-9-21(18(15)24)12-14-6-4-5-7-17(14)23-19(21)22(16,13-25)20(26)27-2/h3-7,16,18,25H,8-13H2,1-2H3/b15-3+/t16-,18+,21+,22?/m0/s1. The second-order valence-corrected chi connectivity index (χ2v) is 8.36. The van der Waals surface area contributed by atoms with Gasteiger partial charge in [0.1, 0.15) is 5.41 Å². The second kappa shape index (κ2) is 5.76. The number of aliphatic hydroxyl groups excluding tert-OH is 1. The van der Waals surface area contributed by atoms with Crippen molar-refractivity contribution in [1.29, 1.82) is 0 Å². The molecule has 1 saturated carbocycles. The van der Waals surface area contributed by atoms with Crippen LogP contribution in [0.2, 0.25) is 0 Å². The molecule has 3 heterocycles. The average molecular weight is 366 g/mol. The maximum absolute atomic E-state index is 13.2. The number of ether oxygens (including phenoxy) is 1. The Bertz CT molecular complexity index is 876. The van der Waals surface area contributed by atoms with Crippen molar-refractivity contribution in [1.82, 2.24) is 4.90 Å². The van der Waals surface area contributed by atoms with Crippen molar-refractivity contribution >= 4 is 17.4 Å². The van der Waals surface area contributed by atoms with Crippen LogP contribution in [0.3, 0.4) is 0 Å². The number of aliphatic hydroxyl groups is 1. The molecule has 142 valence electrons. The van der Waals surface area contributed by atoms with Crippen LogP contribution in [-0.4, -0.2) is 54.5 Å². The molecule has 3 aliphatic heterocycles. The van der Waals surface area contributed by atoms with E-state index in [0.717, 1.165) is 43.8 Å². The van der Waals surface area contributed by atoms with Crippen LogP contribution in [0, 0.1) is 16.7 Å². The largest absolute Gasteiger partial charge is 0.468 e. The van der Waals surface area contributed by atoms with E-state index in [1.165, 1.54) is 18.2 Å². The summed E-state index contributed by atoms with van der Waals surface area (Å²) in [5, 5.41) is 10.7. The molecule has 1 aromatic carbocycles. The van der Waals surface area contributed by atoms with E-state index in [0.29, 0.717) is 0 Å². The fourth-order valence-corrected chi connectivity index (χ4v) is 6.51. The predicted molar refractivity (Wildman–Crippen MR) is 103 cm³/mol. The third-order valence-corrected chi connectivity index (χ3v) is 7.51. The molecule has 27 heavy (non-hydrogen) atoms. The Hall–Kier alpha value is -1.98. The Morgan fingerprint density at radius 2 is 2.22 bits per heavy atom. The van der Waals surface area contributed by atoms with Gasteiger partial charge < -0.3 is 9.84 Å². The molecule has 1 spiro atoms. The van der Waals surface area contributed by atoms with E-state index in [9.17, 15) is 9.90 Å². The van der Waals surface area contributed by atoms with Crippen molar-refractivity contribution in [2.75, 3.05) is 26.8 Å². The first-order valence-electron chi connectivity index (χ1n) is 9.89. The van der Waals surface area contributed by atoms with Gasteiger partial charge in [-0.15, -0.1) is 0 Å². The van der Waals surface area contributed by atoms with E-state index in [4.69, 9.17) is 9.73 Å². The van der Waals surface area contributed by atoms with Gasteiger partial charge in [-0.2, -0.15) is 0 Å². The highest BCUT2D eigenvalue weighted by Crippen LogP contribution is 2.62. The number of hydrogen-bond acceptors (Lipinski definition) is 5. The molecule has 5 nitrogen and oxygen atoms in total. The van der Waals surface area contributed by atoms with Crippen molar-refractivity contribution in [3.8, 4) is 0 Å². The van der Waals surface area contributed by atoms with Crippen molar-refractivity contribution in [2.24, 2.45) is 21.7 Å². The smallest absolute Gasteiger partial charge is 0.320 e. The molecule has 0 aromatic heterocycles. The topological polar surface area (TPSA) is 62.1 Å².